The number of carbonyl (C=O) groups excluding carboxylic acids is 1. The molecule has 1 unspecified atom stereocenters. The summed E-state index contributed by atoms with van der Waals surface area (Å²) < 4.78 is 1.06. The molecule has 144 valence electrons. The van der Waals surface area contributed by atoms with Crippen LogP contribution in [0.15, 0.2) is 36.7 Å². The van der Waals surface area contributed by atoms with E-state index < -0.39 is 0 Å². The summed E-state index contributed by atoms with van der Waals surface area (Å²) in [6.45, 7) is 3.96. The number of aromatic nitrogens is 2. The molecule has 2 aromatic rings. The van der Waals surface area contributed by atoms with Crippen molar-refractivity contribution in [2.75, 3.05) is 32.1 Å². The number of piperidine rings is 1. The molecule has 2 heterocycles. The second-order valence-electron chi connectivity index (χ2n) is 7.19. The van der Waals surface area contributed by atoms with Crippen LogP contribution in [0.3, 0.4) is 0 Å². The zero-order chi connectivity index (χ0) is 19.4. The van der Waals surface area contributed by atoms with Crippen molar-refractivity contribution in [3.8, 4) is 0 Å². The van der Waals surface area contributed by atoms with Crippen LogP contribution in [0.1, 0.15) is 42.9 Å². The average molecular weight is 479 g/mol. The summed E-state index contributed by atoms with van der Waals surface area (Å²) in [6.07, 6.45) is 5.93. The first kappa shape index (κ1) is 19.9. The number of carbonyl (C=O) groups is 1. The Kier molecular flexibility index (Phi) is 6.51. The SMILES string of the molecule is CC(NC(=O)N(C)C)c1ccc(C2CCN(c3ncc(I)cn3)CC2)cc1. The molecule has 1 fully saturated rings. The Morgan fingerprint density at radius 3 is 2.33 bits per heavy atom. The summed E-state index contributed by atoms with van der Waals surface area (Å²) in [5.41, 5.74) is 2.49. The molecule has 0 aliphatic carbocycles. The fourth-order valence-electron chi connectivity index (χ4n) is 3.34. The lowest BCUT2D eigenvalue weighted by atomic mass is 9.88. The minimum absolute atomic E-state index is 0.00572. The third-order valence-electron chi connectivity index (χ3n) is 5.04. The van der Waals surface area contributed by atoms with Crippen LogP contribution in [0.5, 0.6) is 0 Å². The molecule has 0 saturated carbocycles. The highest BCUT2D eigenvalue weighted by molar-refractivity contribution is 14.1. The van der Waals surface area contributed by atoms with Gasteiger partial charge >= 0.3 is 6.03 Å². The lowest BCUT2D eigenvalue weighted by Gasteiger charge is -2.32. The molecule has 2 amide bonds. The predicted octanol–water partition coefficient (Wildman–Crippen LogP) is 3.80. The lowest BCUT2D eigenvalue weighted by Crippen LogP contribution is -2.36. The summed E-state index contributed by atoms with van der Waals surface area (Å²) in [5.74, 6) is 1.39. The maximum atomic E-state index is 11.8. The van der Waals surface area contributed by atoms with E-state index >= 15 is 0 Å². The van der Waals surface area contributed by atoms with Gasteiger partial charge in [0.25, 0.3) is 0 Å². The van der Waals surface area contributed by atoms with Gasteiger partial charge in [0.1, 0.15) is 0 Å². The Labute approximate surface area is 174 Å². The number of benzene rings is 1. The van der Waals surface area contributed by atoms with Gasteiger partial charge in [-0.1, -0.05) is 24.3 Å². The first-order chi connectivity index (χ1) is 12.9. The third kappa shape index (κ3) is 5.09. The second kappa shape index (κ2) is 8.86. The Hall–Kier alpha value is -1.90. The molecule has 1 saturated heterocycles. The summed E-state index contributed by atoms with van der Waals surface area (Å²) in [5, 5.41) is 2.99. The Morgan fingerprint density at radius 2 is 1.78 bits per heavy atom. The van der Waals surface area contributed by atoms with Crippen molar-refractivity contribution in [2.45, 2.75) is 31.7 Å². The van der Waals surface area contributed by atoms with E-state index in [1.165, 1.54) is 5.56 Å². The normalized spacial score (nSPS) is 16.1. The lowest BCUT2D eigenvalue weighted by molar-refractivity contribution is 0.214. The van der Waals surface area contributed by atoms with Crippen molar-refractivity contribution in [1.82, 2.24) is 20.2 Å². The Balaban J connectivity index is 1.57. The molecule has 0 bridgehead atoms. The molecule has 1 aromatic heterocycles. The molecule has 27 heavy (non-hydrogen) atoms. The van der Waals surface area contributed by atoms with Crippen molar-refractivity contribution in [3.63, 3.8) is 0 Å². The summed E-state index contributed by atoms with van der Waals surface area (Å²) >= 11 is 2.23. The van der Waals surface area contributed by atoms with E-state index in [4.69, 9.17) is 0 Å². The summed E-state index contributed by atoms with van der Waals surface area (Å²) in [7, 11) is 3.50. The third-order valence-corrected chi connectivity index (χ3v) is 5.60. The number of halogens is 1. The van der Waals surface area contributed by atoms with Crippen molar-refractivity contribution in [2.24, 2.45) is 0 Å². The van der Waals surface area contributed by atoms with Crippen LogP contribution in [-0.2, 0) is 0 Å². The maximum Gasteiger partial charge on any atom is 0.317 e. The van der Waals surface area contributed by atoms with Crippen LogP contribution in [0.2, 0.25) is 0 Å². The molecule has 1 aliphatic rings. The van der Waals surface area contributed by atoms with Gasteiger partial charge in [-0.2, -0.15) is 0 Å². The number of hydrogen-bond acceptors (Lipinski definition) is 4. The Bertz CT molecular complexity index is 755. The minimum atomic E-state index is -0.0724. The van der Waals surface area contributed by atoms with E-state index in [0.717, 1.165) is 41.0 Å². The summed E-state index contributed by atoms with van der Waals surface area (Å²) in [4.78, 5) is 24.5. The summed E-state index contributed by atoms with van der Waals surface area (Å²) in [6, 6.07) is 8.59. The monoisotopic (exact) mass is 479 g/mol. The molecule has 0 radical (unpaired) electrons. The van der Waals surface area contributed by atoms with Gasteiger partial charge in [0, 0.05) is 43.1 Å². The highest BCUT2D eigenvalue weighted by Gasteiger charge is 2.22. The molecule has 1 aliphatic heterocycles. The number of rotatable bonds is 4. The van der Waals surface area contributed by atoms with Crippen LogP contribution < -0.4 is 10.2 Å². The first-order valence-corrected chi connectivity index (χ1v) is 10.3. The van der Waals surface area contributed by atoms with Gasteiger partial charge in [0.2, 0.25) is 5.95 Å². The fourth-order valence-corrected chi connectivity index (χ4v) is 3.61. The number of nitrogens with zero attached hydrogens (tertiary/aromatic N) is 4. The van der Waals surface area contributed by atoms with Crippen molar-refractivity contribution < 1.29 is 4.79 Å². The molecule has 6 nitrogen and oxygen atoms in total. The Morgan fingerprint density at radius 1 is 1.19 bits per heavy atom. The van der Waals surface area contributed by atoms with E-state index in [1.54, 1.807) is 19.0 Å². The zero-order valence-corrected chi connectivity index (χ0v) is 18.2. The number of amides is 2. The van der Waals surface area contributed by atoms with Crippen LogP contribution in [-0.4, -0.2) is 48.1 Å². The molecule has 1 atom stereocenters. The van der Waals surface area contributed by atoms with E-state index in [9.17, 15) is 4.79 Å². The average Bonchev–Trinajstić information content (AvgIpc) is 2.69. The standard InChI is InChI=1S/C20H26IN5O/c1-14(24-20(27)25(2)3)15-4-6-16(7-5-15)17-8-10-26(11-9-17)19-22-12-18(21)13-23-19/h4-7,12-14,17H,8-11H2,1-3H3,(H,24,27). The first-order valence-electron chi connectivity index (χ1n) is 9.24. The topological polar surface area (TPSA) is 61.4 Å². The molecule has 1 aromatic carbocycles. The fraction of sp³-hybridized carbons (Fsp3) is 0.450. The van der Waals surface area contributed by atoms with Gasteiger partial charge < -0.3 is 15.1 Å². The van der Waals surface area contributed by atoms with E-state index in [1.807, 2.05) is 19.3 Å². The predicted molar refractivity (Wildman–Crippen MR) is 116 cm³/mol. The number of anilines is 1. The van der Waals surface area contributed by atoms with Crippen LogP contribution >= 0.6 is 22.6 Å². The second-order valence-corrected chi connectivity index (χ2v) is 8.44. The molecule has 3 rings (SSSR count). The number of hydrogen-bond donors (Lipinski definition) is 1. The molecule has 7 heteroatoms. The van der Waals surface area contributed by atoms with Crippen LogP contribution in [0.4, 0.5) is 10.7 Å². The van der Waals surface area contributed by atoms with Gasteiger partial charge in [-0.25, -0.2) is 14.8 Å². The zero-order valence-electron chi connectivity index (χ0n) is 16.0. The number of urea groups is 1. The van der Waals surface area contributed by atoms with Gasteiger partial charge in [-0.15, -0.1) is 0 Å². The van der Waals surface area contributed by atoms with Crippen molar-refractivity contribution in [3.05, 3.63) is 51.4 Å². The minimum Gasteiger partial charge on any atom is -0.341 e. The van der Waals surface area contributed by atoms with Gasteiger partial charge in [-0.05, 0) is 59.4 Å². The van der Waals surface area contributed by atoms with E-state index in [2.05, 4.69) is 67.0 Å². The highest BCUT2D eigenvalue weighted by atomic mass is 127. The number of nitrogens with one attached hydrogen (secondary N) is 1. The molecule has 1 N–H and O–H groups in total. The molecule has 0 spiro atoms. The van der Waals surface area contributed by atoms with Crippen molar-refractivity contribution >= 4 is 34.6 Å². The maximum absolute atomic E-state index is 11.8. The highest BCUT2D eigenvalue weighted by Crippen LogP contribution is 2.30. The van der Waals surface area contributed by atoms with E-state index in [0.29, 0.717) is 5.92 Å². The van der Waals surface area contributed by atoms with Gasteiger partial charge in [0.05, 0.1) is 6.04 Å². The van der Waals surface area contributed by atoms with Gasteiger partial charge in [0.15, 0.2) is 0 Å². The largest absolute Gasteiger partial charge is 0.341 e. The quantitative estimate of drug-likeness (QED) is 0.678. The van der Waals surface area contributed by atoms with Crippen LogP contribution in [0, 0.1) is 3.57 Å². The smallest absolute Gasteiger partial charge is 0.317 e. The molecular formula is C20H26IN5O. The van der Waals surface area contributed by atoms with Crippen molar-refractivity contribution in [1.29, 1.82) is 0 Å². The molecular weight excluding hydrogens is 453 g/mol. The van der Waals surface area contributed by atoms with Crippen LogP contribution in [0.25, 0.3) is 0 Å². The van der Waals surface area contributed by atoms with Gasteiger partial charge in [-0.3, -0.25) is 0 Å². The van der Waals surface area contributed by atoms with E-state index in [-0.39, 0.29) is 12.1 Å².